The Morgan fingerprint density at radius 3 is 2.93 bits per heavy atom. The summed E-state index contributed by atoms with van der Waals surface area (Å²) < 4.78 is 4.79. The van der Waals surface area contributed by atoms with Gasteiger partial charge in [0, 0.05) is 12.7 Å². The van der Waals surface area contributed by atoms with Crippen LogP contribution in [0, 0.1) is 0 Å². The first-order chi connectivity index (χ1) is 7.24. The highest BCUT2D eigenvalue weighted by Gasteiger charge is 2.09. The van der Waals surface area contributed by atoms with E-state index >= 15 is 0 Å². The molecule has 1 aromatic rings. The molecule has 1 aromatic heterocycles. The van der Waals surface area contributed by atoms with Crippen molar-refractivity contribution in [3.63, 3.8) is 0 Å². The molecule has 0 aliphatic heterocycles. The molecule has 0 fully saturated rings. The first kappa shape index (κ1) is 11.7. The van der Waals surface area contributed by atoms with Gasteiger partial charge in [-0.3, -0.25) is 0 Å². The molecule has 6 heteroatoms. The molecule has 0 amide bonds. The molecule has 0 atom stereocenters. The Morgan fingerprint density at radius 2 is 2.33 bits per heavy atom. The third-order valence-corrected chi connectivity index (χ3v) is 1.84. The number of carboxylic acid groups (broad SMARTS) is 1. The number of hydrogen-bond acceptors (Lipinski definition) is 5. The number of nitrogens with zero attached hydrogens (tertiary/aromatic N) is 1. The minimum atomic E-state index is -1.09. The van der Waals surface area contributed by atoms with Gasteiger partial charge in [0.05, 0.1) is 6.54 Å². The molecule has 0 spiro atoms. The van der Waals surface area contributed by atoms with Gasteiger partial charge >= 0.3 is 5.97 Å². The number of carbonyl (C=O) groups is 1. The number of nitrogens with one attached hydrogen (secondary N) is 1. The van der Waals surface area contributed by atoms with Gasteiger partial charge in [-0.15, -0.1) is 0 Å². The molecule has 0 aliphatic carbocycles. The fraction of sp³-hybridized carbons (Fsp3) is 0.556. The molecule has 15 heavy (non-hydrogen) atoms. The zero-order valence-corrected chi connectivity index (χ0v) is 8.27. The number of aliphatic hydroxyl groups excluding tert-OH is 1. The highest BCUT2D eigenvalue weighted by atomic mass is 16.5. The summed E-state index contributed by atoms with van der Waals surface area (Å²) in [6, 6.07) is 1.39. The Hall–Kier alpha value is -1.40. The summed E-state index contributed by atoms with van der Waals surface area (Å²) >= 11 is 0. The maximum Gasteiger partial charge on any atom is 0.358 e. The predicted molar refractivity (Wildman–Crippen MR) is 51.5 cm³/mol. The maximum atomic E-state index is 10.5. The molecule has 0 aliphatic rings. The van der Waals surface area contributed by atoms with Crippen molar-refractivity contribution in [3.8, 4) is 0 Å². The van der Waals surface area contributed by atoms with Crippen molar-refractivity contribution < 1.29 is 19.5 Å². The Kier molecular flexibility index (Phi) is 4.79. The molecule has 0 bridgehead atoms. The molecule has 84 valence electrons. The average Bonchev–Trinajstić information content (AvgIpc) is 2.66. The minimum absolute atomic E-state index is 0.0813. The third kappa shape index (κ3) is 4.09. The first-order valence-electron chi connectivity index (χ1n) is 4.74. The van der Waals surface area contributed by atoms with Crippen LogP contribution in [0.4, 0.5) is 0 Å². The van der Waals surface area contributed by atoms with Crippen LogP contribution in [0.15, 0.2) is 10.6 Å². The van der Waals surface area contributed by atoms with Crippen molar-refractivity contribution in [1.29, 1.82) is 0 Å². The second-order valence-corrected chi connectivity index (χ2v) is 3.09. The largest absolute Gasteiger partial charge is 0.476 e. The molecule has 0 aromatic carbocycles. The van der Waals surface area contributed by atoms with Gasteiger partial charge in [-0.25, -0.2) is 4.79 Å². The summed E-state index contributed by atoms with van der Waals surface area (Å²) in [6.45, 7) is 1.39. The van der Waals surface area contributed by atoms with Crippen LogP contribution in [-0.2, 0) is 6.54 Å². The molecule has 0 saturated heterocycles. The van der Waals surface area contributed by atoms with Crippen LogP contribution in [-0.4, -0.2) is 34.5 Å². The SMILES string of the molecule is O=C(O)c1cc(CNCCCCO)on1. The molecular formula is C9H14N2O4. The van der Waals surface area contributed by atoms with Crippen molar-refractivity contribution in [2.45, 2.75) is 19.4 Å². The third-order valence-electron chi connectivity index (χ3n) is 1.84. The van der Waals surface area contributed by atoms with Crippen LogP contribution in [0.25, 0.3) is 0 Å². The van der Waals surface area contributed by atoms with Crippen LogP contribution < -0.4 is 5.32 Å². The molecular weight excluding hydrogens is 200 g/mol. The van der Waals surface area contributed by atoms with Crippen molar-refractivity contribution in [1.82, 2.24) is 10.5 Å². The van der Waals surface area contributed by atoms with Crippen molar-refractivity contribution in [2.75, 3.05) is 13.2 Å². The van der Waals surface area contributed by atoms with Crippen LogP contribution >= 0.6 is 0 Å². The van der Waals surface area contributed by atoms with Crippen LogP contribution in [0.5, 0.6) is 0 Å². The van der Waals surface area contributed by atoms with E-state index in [9.17, 15) is 4.79 Å². The number of aromatic carboxylic acids is 1. The molecule has 0 unspecified atom stereocenters. The summed E-state index contributed by atoms with van der Waals surface area (Å²) in [7, 11) is 0. The Morgan fingerprint density at radius 1 is 1.53 bits per heavy atom. The van der Waals surface area contributed by atoms with Crippen molar-refractivity contribution in [2.24, 2.45) is 0 Å². The molecule has 0 radical (unpaired) electrons. The van der Waals surface area contributed by atoms with Gasteiger partial charge in [-0.1, -0.05) is 5.16 Å². The van der Waals surface area contributed by atoms with E-state index in [1.165, 1.54) is 6.07 Å². The summed E-state index contributed by atoms with van der Waals surface area (Å²) in [5, 5.41) is 23.5. The number of carboxylic acids is 1. The van der Waals surface area contributed by atoms with E-state index in [2.05, 4.69) is 10.5 Å². The Labute approximate surface area is 86.9 Å². The van der Waals surface area contributed by atoms with E-state index in [1.807, 2.05) is 0 Å². The van der Waals surface area contributed by atoms with Gasteiger partial charge in [-0.05, 0) is 19.4 Å². The second-order valence-electron chi connectivity index (χ2n) is 3.09. The van der Waals surface area contributed by atoms with Gasteiger partial charge in [0.1, 0.15) is 0 Å². The zero-order chi connectivity index (χ0) is 11.1. The van der Waals surface area contributed by atoms with Crippen molar-refractivity contribution >= 4 is 5.97 Å². The van der Waals surface area contributed by atoms with Crippen LogP contribution in [0.1, 0.15) is 29.1 Å². The molecule has 3 N–H and O–H groups in total. The van der Waals surface area contributed by atoms with E-state index in [4.69, 9.17) is 14.7 Å². The molecule has 1 heterocycles. The summed E-state index contributed by atoms with van der Waals surface area (Å²) in [5.41, 5.74) is -0.0813. The minimum Gasteiger partial charge on any atom is -0.476 e. The summed E-state index contributed by atoms with van der Waals surface area (Å²) in [5.74, 6) is -0.596. The molecule has 0 saturated carbocycles. The van der Waals surface area contributed by atoms with Crippen LogP contribution in [0.2, 0.25) is 0 Å². The number of aliphatic hydroxyl groups is 1. The van der Waals surface area contributed by atoms with E-state index in [0.717, 1.165) is 19.4 Å². The fourth-order valence-electron chi connectivity index (χ4n) is 1.07. The van der Waals surface area contributed by atoms with Crippen LogP contribution in [0.3, 0.4) is 0 Å². The second kappa shape index (κ2) is 6.15. The summed E-state index contributed by atoms with van der Waals surface area (Å²) in [4.78, 5) is 10.5. The molecule has 6 nitrogen and oxygen atoms in total. The number of rotatable bonds is 7. The van der Waals surface area contributed by atoms with Gasteiger partial charge < -0.3 is 20.1 Å². The lowest BCUT2D eigenvalue weighted by atomic mass is 10.3. The smallest absolute Gasteiger partial charge is 0.358 e. The Balaban J connectivity index is 2.23. The summed E-state index contributed by atoms with van der Waals surface area (Å²) in [6.07, 6.45) is 1.63. The lowest BCUT2D eigenvalue weighted by Crippen LogP contribution is -2.14. The highest BCUT2D eigenvalue weighted by molar-refractivity contribution is 5.85. The zero-order valence-electron chi connectivity index (χ0n) is 8.27. The van der Waals surface area contributed by atoms with Gasteiger partial charge in [0.15, 0.2) is 11.5 Å². The number of aromatic nitrogens is 1. The first-order valence-corrected chi connectivity index (χ1v) is 4.74. The average molecular weight is 214 g/mol. The fourth-order valence-corrected chi connectivity index (χ4v) is 1.07. The Bertz CT molecular complexity index is 311. The quantitative estimate of drug-likeness (QED) is 0.562. The predicted octanol–water partition coefficient (Wildman–Crippen LogP) is 0.235. The van der Waals surface area contributed by atoms with E-state index < -0.39 is 5.97 Å². The lowest BCUT2D eigenvalue weighted by molar-refractivity contribution is 0.0685. The van der Waals surface area contributed by atoms with Gasteiger partial charge in [0.25, 0.3) is 0 Å². The monoisotopic (exact) mass is 214 g/mol. The van der Waals surface area contributed by atoms with Gasteiger partial charge in [-0.2, -0.15) is 0 Å². The molecule has 1 rings (SSSR count). The van der Waals surface area contributed by atoms with E-state index in [0.29, 0.717) is 12.3 Å². The van der Waals surface area contributed by atoms with E-state index in [-0.39, 0.29) is 12.3 Å². The van der Waals surface area contributed by atoms with E-state index in [1.54, 1.807) is 0 Å². The topological polar surface area (TPSA) is 95.6 Å². The maximum absolute atomic E-state index is 10.5. The number of unbranched alkanes of at least 4 members (excludes halogenated alkanes) is 1. The van der Waals surface area contributed by atoms with Gasteiger partial charge in [0.2, 0.25) is 0 Å². The van der Waals surface area contributed by atoms with Crippen molar-refractivity contribution in [3.05, 3.63) is 17.5 Å². The normalized spacial score (nSPS) is 10.5. The standard InChI is InChI=1S/C9H14N2O4/c12-4-2-1-3-10-6-7-5-8(9(13)14)11-15-7/h5,10,12H,1-4,6H2,(H,13,14). The highest BCUT2D eigenvalue weighted by Crippen LogP contribution is 2.02. The lowest BCUT2D eigenvalue weighted by Gasteiger charge is -1.99. The number of hydrogen-bond donors (Lipinski definition) is 3.